The van der Waals surface area contributed by atoms with Crippen LogP contribution < -0.4 is 19.7 Å². The van der Waals surface area contributed by atoms with Crippen molar-refractivity contribution in [2.45, 2.75) is 23.1 Å². The summed E-state index contributed by atoms with van der Waals surface area (Å²) >= 11 is 1.60. The first-order valence-electron chi connectivity index (χ1n) is 10.2. The minimum Gasteiger partial charge on any atom is -0.493 e. The summed E-state index contributed by atoms with van der Waals surface area (Å²) in [6.07, 6.45) is 1.81. The van der Waals surface area contributed by atoms with Crippen LogP contribution in [0.3, 0.4) is 0 Å². The van der Waals surface area contributed by atoms with E-state index in [0.29, 0.717) is 17.3 Å². The molecule has 2 amide bonds. The van der Waals surface area contributed by atoms with Gasteiger partial charge in [-0.25, -0.2) is 0 Å². The fourth-order valence-electron chi connectivity index (χ4n) is 3.59. The van der Waals surface area contributed by atoms with Crippen LogP contribution in [-0.2, 0) is 16.1 Å². The molecule has 2 aromatic carbocycles. The molecule has 0 radical (unpaired) electrons. The zero-order valence-corrected chi connectivity index (χ0v) is 18.7. The maximum atomic E-state index is 13.3. The molecule has 0 aliphatic carbocycles. The van der Waals surface area contributed by atoms with Crippen LogP contribution in [0.25, 0.3) is 0 Å². The van der Waals surface area contributed by atoms with Gasteiger partial charge in [0.05, 0.1) is 32.7 Å². The predicted octanol–water partition coefficient (Wildman–Crippen LogP) is 4.18. The number of amides is 2. The van der Waals surface area contributed by atoms with E-state index in [9.17, 15) is 9.59 Å². The highest BCUT2D eigenvalue weighted by atomic mass is 32.2. The Morgan fingerprint density at radius 2 is 1.94 bits per heavy atom. The van der Waals surface area contributed by atoms with E-state index in [0.717, 1.165) is 16.1 Å². The van der Waals surface area contributed by atoms with Crippen LogP contribution >= 0.6 is 11.8 Å². The Balaban J connectivity index is 1.56. The molecule has 1 aromatic heterocycles. The number of nitrogens with zero attached hydrogens (tertiary/aromatic N) is 1. The highest BCUT2D eigenvalue weighted by Gasteiger charge is 2.30. The number of carbonyl (C=O) groups is 2. The minimum atomic E-state index is -0.251. The van der Waals surface area contributed by atoms with Gasteiger partial charge in [0.15, 0.2) is 11.5 Å². The van der Waals surface area contributed by atoms with Gasteiger partial charge in [0, 0.05) is 16.6 Å². The molecule has 0 fully saturated rings. The summed E-state index contributed by atoms with van der Waals surface area (Å²) in [6, 6.07) is 16.9. The SMILES string of the molecule is COc1ccc([C@@H]2CC(=O)N(CC(=O)NCc3ccco3)c3ccccc3S2)cc1OC. The van der Waals surface area contributed by atoms with Gasteiger partial charge in [0.25, 0.3) is 0 Å². The lowest BCUT2D eigenvalue weighted by Gasteiger charge is -2.22. The molecule has 32 heavy (non-hydrogen) atoms. The second-order valence-electron chi connectivity index (χ2n) is 7.23. The number of rotatable bonds is 7. The number of furan rings is 1. The standard InChI is InChI=1S/C24H24N2O5S/c1-29-19-10-9-16(12-20(19)30-2)22-13-24(28)26(18-7-3-4-8-21(18)32-22)15-23(27)25-14-17-6-5-11-31-17/h3-12,22H,13-15H2,1-2H3,(H,25,27)/t22-/m0/s1. The molecule has 2 heterocycles. The number of hydrogen-bond acceptors (Lipinski definition) is 6. The first-order valence-corrected chi connectivity index (χ1v) is 11.0. The molecule has 0 spiro atoms. The van der Waals surface area contributed by atoms with Crippen LogP contribution in [0.4, 0.5) is 5.69 Å². The van der Waals surface area contributed by atoms with E-state index in [1.54, 1.807) is 49.3 Å². The van der Waals surface area contributed by atoms with Crippen molar-refractivity contribution in [3.05, 3.63) is 72.2 Å². The molecule has 0 unspecified atom stereocenters. The molecule has 4 rings (SSSR count). The summed E-state index contributed by atoms with van der Waals surface area (Å²) in [5.41, 5.74) is 1.69. The molecule has 1 aliphatic heterocycles. The van der Waals surface area contributed by atoms with E-state index in [1.165, 1.54) is 0 Å². The fourth-order valence-corrected chi connectivity index (χ4v) is 4.86. The minimum absolute atomic E-state index is 0.0598. The zero-order valence-electron chi connectivity index (χ0n) is 17.9. The second-order valence-corrected chi connectivity index (χ2v) is 8.47. The Hall–Kier alpha value is -3.39. The van der Waals surface area contributed by atoms with Gasteiger partial charge >= 0.3 is 0 Å². The van der Waals surface area contributed by atoms with E-state index in [-0.39, 0.29) is 36.6 Å². The number of nitrogens with one attached hydrogen (secondary N) is 1. The van der Waals surface area contributed by atoms with Gasteiger partial charge in [-0.1, -0.05) is 18.2 Å². The van der Waals surface area contributed by atoms with E-state index < -0.39 is 0 Å². The Morgan fingerprint density at radius 3 is 2.69 bits per heavy atom. The quantitative estimate of drug-likeness (QED) is 0.579. The van der Waals surface area contributed by atoms with Gasteiger partial charge in [-0.3, -0.25) is 9.59 Å². The second kappa shape index (κ2) is 9.82. The number of anilines is 1. The monoisotopic (exact) mass is 452 g/mol. The van der Waals surface area contributed by atoms with Crippen LogP contribution in [0, 0.1) is 0 Å². The first kappa shape index (κ1) is 21.8. The third-order valence-electron chi connectivity index (χ3n) is 5.21. The number of thioether (sulfide) groups is 1. The molecule has 0 saturated heterocycles. The third-order valence-corrected chi connectivity index (χ3v) is 6.53. The largest absolute Gasteiger partial charge is 0.493 e. The van der Waals surface area contributed by atoms with Gasteiger partial charge in [-0.15, -0.1) is 11.8 Å². The smallest absolute Gasteiger partial charge is 0.240 e. The van der Waals surface area contributed by atoms with Crippen molar-refractivity contribution in [1.29, 1.82) is 0 Å². The highest BCUT2D eigenvalue weighted by molar-refractivity contribution is 7.99. The number of hydrogen-bond donors (Lipinski definition) is 1. The average molecular weight is 453 g/mol. The lowest BCUT2D eigenvalue weighted by atomic mass is 10.1. The first-order chi connectivity index (χ1) is 15.6. The fraction of sp³-hybridized carbons (Fsp3) is 0.250. The van der Waals surface area contributed by atoms with Crippen molar-refractivity contribution in [1.82, 2.24) is 5.32 Å². The summed E-state index contributed by atoms with van der Waals surface area (Å²) in [4.78, 5) is 28.4. The van der Waals surface area contributed by atoms with E-state index >= 15 is 0 Å². The molecule has 1 N–H and O–H groups in total. The van der Waals surface area contributed by atoms with Crippen molar-refractivity contribution in [2.24, 2.45) is 0 Å². The number of para-hydroxylation sites is 1. The normalized spacial score (nSPS) is 15.6. The number of benzene rings is 2. The lowest BCUT2D eigenvalue weighted by molar-refractivity contribution is -0.124. The summed E-state index contributed by atoms with van der Waals surface area (Å²) in [5, 5.41) is 2.69. The van der Waals surface area contributed by atoms with Crippen LogP contribution in [0.5, 0.6) is 11.5 Å². The lowest BCUT2D eigenvalue weighted by Crippen LogP contribution is -2.40. The Labute approximate surface area is 190 Å². The molecular formula is C24H24N2O5S. The molecule has 1 aliphatic rings. The van der Waals surface area contributed by atoms with Crippen LogP contribution in [-0.4, -0.2) is 32.6 Å². The van der Waals surface area contributed by atoms with Crippen molar-refractivity contribution >= 4 is 29.3 Å². The van der Waals surface area contributed by atoms with Crippen LogP contribution in [0.1, 0.15) is 23.0 Å². The van der Waals surface area contributed by atoms with E-state index in [4.69, 9.17) is 13.9 Å². The topological polar surface area (TPSA) is 81.0 Å². The molecule has 1 atom stereocenters. The predicted molar refractivity (Wildman–Crippen MR) is 122 cm³/mol. The summed E-state index contributed by atoms with van der Waals surface area (Å²) in [7, 11) is 3.18. The van der Waals surface area contributed by atoms with Gasteiger partial charge < -0.3 is 24.1 Å². The number of ether oxygens (including phenoxy) is 2. The Kier molecular flexibility index (Phi) is 6.70. The molecule has 166 valence electrons. The van der Waals surface area contributed by atoms with Crippen molar-refractivity contribution < 1.29 is 23.5 Å². The number of methoxy groups -OCH3 is 2. The maximum Gasteiger partial charge on any atom is 0.240 e. The van der Waals surface area contributed by atoms with Gasteiger partial charge in [0.1, 0.15) is 12.3 Å². The number of carbonyl (C=O) groups excluding carboxylic acids is 2. The highest BCUT2D eigenvalue weighted by Crippen LogP contribution is 2.46. The van der Waals surface area contributed by atoms with E-state index in [2.05, 4.69) is 5.32 Å². The molecule has 8 heteroatoms. The van der Waals surface area contributed by atoms with E-state index in [1.807, 2.05) is 42.5 Å². The Bertz CT molecular complexity index is 1100. The molecule has 7 nitrogen and oxygen atoms in total. The average Bonchev–Trinajstić information content (AvgIpc) is 3.30. The van der Waals surface area contributed by atoms with Crippen LogP contribution in [0.15, 0.2) is 70.2 Å². The van der Waals surface area contributed by atoms with Crippen molar-refractivity contribution in [2.75, 3.05) is 25.7 Å². The summed E-state index contributed by atoms with van der Waals surface area (Å²) in [5.74, 6) is 1.54. The molecule has 0 bridgehead atoms. The summed E-state index contributed by atoms with van der Waals surface area (Å²) < 4.78 is 16.0. The number of fused-ring (bicyclic) bond motifs is 1. The van der Waals surface area contributed by atoms with Gasteiger partial charge in [-0.2, -0.15) is 0 Å². The van der Waals surface area contributed by atoms with Crippen molar-refractivity contribution in [3.63, 3.8) is 0 Å². The Morgan fingerprint density at radius 1 is 1.12 bits per heavy atom. The third kappa shape index (κ3) is 4.75. The van der Waals surface area contributed by atoms with Crippen molar-refractivity contribution in [3.8, 4) is 11.5 Å². The molecular weight excluding hydrogens is 428 g/mol. The van der Waals surface area contributed by atoms with Gasteiger partial charge in [0.2, 0.25) is 11.8 Å². The van der Waals surface area contributed by atoms with Crippen LogP contribution in [0.2, 0.25) is 0 Å². The van der Waals surface area contributed by atoms with Gasteiger partial charge in [-0.05, 0) is 42.0 Å². The zero-order chi connectivity index (χ0) is 22.5. The summed E-state index contributed by atoms with van der Waals surface area (Å²) in [6.45, 7) is 0.217. The molecule has 3 aromatic rings. The molecule has 0 saturated carbocycles. The maximum absolute atomic E-state index is 13.3.